The second-order valence-corrected chi connectivity index (χ2v) is 24.4. The van der Waals surface area contributed by atoms with Crippen LogP contribution in [-0.4, -0.2) is 123 Å². The standard InChI is InChI=1S/C56H61N18O5S2/c1-3-41-33-62-73-49(59-31-39-14-11-22-57-29-39)27-51(64-54(41)73)68-23-12-19-46(36-68)80(76,77)72-38-70(56(67-72)44-17-9-6-10-18-44)45-26-40(30-58-35-45)32-60-50-28-52(65-55-42(4-2)34-63-74(50)55)69-24-13-20-48(47(69)21-25-75)81(78,79)71-37-61-53(66-71)43-15-7-5-8-16-43/h5-11,14-18,22,26-30,33-35,37-38,46-48,75H,3-4,12-13,19-21,23-25,31-32,36H2,1-2H3,(H2,59,60,62,63,64,65)/q+1/p+1. The highest BCUT2D eigenvalue weighted by atomic mass is 32.2. The number of piperidine rings is 2. The van der Waals surface area contributed by atoms with Crippen LogP contribution in [0.5, 0.6) is 0 Å². The van der Waals surface area contributed by atoms with E-state index in [1.54, 1.807) is 44.7 Å². The Kier molecular flexibility index (Phi) is 14.7. The topological polar surface area (TPSA) is 259 Å². The summed E-state index contributed by atoms with van der Waals surface area (Å²) in [7, 11) is -8.11. The van der Waals surface area contributed by atoms with Gasteiger partial charge in [0, 0.05) is 92.8 Å². The third kappa shape index (κ3) is 10.4. The molecule has 10 aromatic rings. The summed E-state index contributed by atoms with van der Waals surface area (Å²) in [5.74, 6) is 3.38. The molecular weight excluding hydrogens is 1070 g/mol. The van der Waals surface area contributed by atoms with Crippen LogP contribution in [0.3, 0.4) is 0 Å². The highest BCUT2D eigenvalue weighted by molar-refractivity contribution is 7.90. The summed E-state index contributed by atoms with van der Waals surface area (Å²) >= 11 is 0. The molecule has 2 saturated heterocycles. The molecule has 0 aliphatic carbocycles. The van der Waals surface area contributed by atoms with E-state index in [1.165, 1.54) is 10.4 Å². The number of benzene rings is 2. The Morgan fingerprint density at radius 1 is 0.728 bits per heavy atom. The van der Waals surface area contributed by atoms with Crippen molar-refractivity contribution in [2.45, 2.75) is 88.4 Å². The van der Waals surface area contributed by atoms with E-state index in [1.807, 2.05) is 115 Å². The van der Waals surface area contributed by atoms with Crippen LogP contribution in [0.1, 0.15) is 68.2 Å². The van der Waals surface area contributed by atoms with Gasteiger partial charge in [0.2, 0.25) is 5.69 Å². The molecule has 8 aromatic heterocycles. The van der Waals surface area contributed by atoms with Gasteiger partial charge in [0.15, 0.2) is 17.1 Å². The normalized spacial score (nSPS) is 17.0. The molecule has 2 aliphatic heterocycles. The van der Waals surface area contributed by atoms with Crippen LogP contribution in [0.25, 0.3) is 39.8 Å². The van der Waals surface area contributed by atoms with Crippen molar-refractivity contribution in [2.75, 3.05) is 46.7 Å². The molecular formula is C56H62N18O5S2+2. The van der Waals surface area contributed by atoms with Crippen molar-refractivity contribution >= 4 is 54.6 Å². The average molecular weight is 1130 g/mol. The zero-order valence-electron chi connectivity index (χ0n) is 44.8. The number of H-pyrrole nitrogens is 1. The number of aromatic nitrogens is 14. The molecule has 10 heterocycles. The SMILES string of the molecule is CCc1cnn2c(NCc3cccnc3)cc(N3CCCC(S(=O)(=O)[n+]4c[n+](-c5cncc(CNc6cc(N7CCCC(S(=O)(=O)n8cnc(-c9ccccc9)n8)C7CCO)nc7c(CC)cnn67)c5)c(-c5ccccc5)[nH]4)C3)nc12. The summed E-state index contributed by atoms with van der Waals surface area (Å²) in [5, 5.41) is 32.8. The van der Waals surface area contributed by atoms with Gasteiger partial charge in [-0.25, -0.2) is 23.4 Å². The monoisotopic (exact) mass is 1130 g/mol. The zero-order valence-corrected chi connectivity index (χ0v) is 46.4. The maximum Gasteiger partial charge on any atom is 0.455 e. The minimum absolute atomic E-state index is 0.175. The fraction of sp³-hybridized carbons (Fsp3) is 0.321. The third-order valence-corrected chi connectivity index (χ3v) is 19.2. The Balaban J connectivity index is 0.820. The Labute approximate surface area is 468 Å². The molecule has 0 saturated carbocycles. The zero-order chi connectivity index (χ0) is 55.7. The average Bonchev–Trinajstić information content (AvgIpc) is 4.40. The van der Waals surface area contributed by atoms with Crippen molar-refractivity contribution in [1.29, 1.82) is 0 Å². The first kappa shape index (κ1) is 53.0. The number of anilines is 4. The van der Waals surface area contributed by atoms with Gasteiger partial charge < -0.3 is 25.5 Å². The van der Waals surface area contributed by atoms with Gasteiger partial charge in [-0.05, 0) is 74.3 Å². The van der Waals surface area contributed by atoms with E-state index in [9.17, 15) is 21.9 Å². The molecule has 4 N–H and O–H groups in total. The second-order valence-electron chi connectivity index (χ2n) is 20.3. The van der Waals surface area contributed by atoms with Crippen molar-refractivity contribution < 1.29 is 30.6 Å². The van der Waals surface area contributed by atoms with Crippen molar-refractivity contribution in [3.05, 3.63) is 163 Å². The minimum atomic E-state index is -4.08. The molecule has 23 nitrogen and oxygen atoms in total. The number of aliphatic hydroxyl groups is 1. The van der Waals surface area contributed by atoms with Gasteiger partial charge in [0.1, 0.15) is 40.1 Å². The van der Waals surface area contributed by atoms with E-state index >= 15 is 0 Å². The van der Waals surface area contributed by atoms with E-state index in [0.29, 0.717) is 97.7 Å². The van der Waals surface area contributed by atoms with Crippen molar-refractivity contribution in [3.8, 4) is 28.5 Å². The van der Waals surface area contributed by atoms with E-state index in [0.717, 1.165) is 49.8 Å². The number of hydrogen-bond donors (Lipinski definition) is 4. The van der Waals surface area contributed by atoms with Crippen molar-refractivity contribution in [2.24, 2.45) is 0 Å². The summed E-state index contributed by atoms with van der Waals surface area (Å²) in [6, 6.07) is 27.8. The van der Waals surface area contributed by atoms with Gasteiger partial charge in [-0.15, -0.1) is 9.19 Å². The number of nitrogens with one attached hydrogen (secondary N) is 3. The predicted molar refractivity (Wildman–Crippen MR) is 305 cm³/mol. The fourth-order valence-electron chi connectivity index (χ4n) is 11.0. The van der Waals surface area contributed by atoms with Crippen molar-refractivity contribution in [3.63, 3.8) is 0 Å². The van der Waals surface area contributed by atoms with Gasteiger partial charge in [0.25, 0.3) is 10.0 Å². The Morgan fingerprint density at radius 2 is 1.40 bits per heavy atom. The molecule has 12 rings (SSSR count). The number of aromatic amines is 1. The number of fused-ring (bicyclic) bond motifs is 2. The molecule has 0 bridgehead atoms. The Bertz CT molecular complexity index is 4080. The summed E-state index contributed by atoms with van der Waals surface area (Å²) in [6.07, 6.45) is 17.0. The van der Waals surface area contributed by atoms with E-state index in [2.05, 4.69) is 52.7 Å². The van der Waals surface area contributed by atoms with Gasteiger partial charge in [0.05, 0.1) is 34.3 Å². The summed E-state index contributed by atoms with van der Waals surface area (Å²) < 4.78 is 66.4. The lowest BCUT2D eigenvalue weighted by Crippen LogP contribution is -2.56. The van der Waals surface area contributed by atoms with Crippen LogP contribution < -0.4 is 29.1 Å². The third-order valence-electron chi connectivity index (χ3n) is 15.3. The van der Waals surface area contributed by atoms with Crippen LogP contribution in [0.15, 0.2) is 141 Å². The molecule has 81 heavy (non-hydrogen) atoms. The Morgan fingerprint density at radius 3 is 2.09 bits per heavy atom. The van der Waals surface area contributed by atoms with E-state index < -0.39 is 36.6 Å². The molecule has 2 aliphatic rings. The largest absolute Gasteiger partial charge is 0.455 e. The van der Waals surface area contributed by atoms with Crippen LogP contribution in [0.4, 0.5) is 23.3 Å². The van der Waals surface area contributed by atoms with Crippen LogP contribution in [0, 0.1) is 0 Å². The van der Waals surface area contributed by atoms with E-state index in [-0.39, 0.29) is 26.1 Å². The fourth-order valence-corrected chi connectivity index (χ4v) is 14.4. The lowest BCUT2D eigenvalue weighted by molar-refractivity contribution is -0.677. The molecule has 0 spiro atoms. The number of aliphatic hydroxyl groups excluding tert-OH is 1. The molecule has 0 radical (unpaired) electrons. The number of rotatable bonds is 19. The van der Waals surface area contributed by atoms with Gasteiger partial charge >= 0.3 is 22.2 Å². The van der Waals surface area contributed by atoms with Crippen LogP contribution >= 0.6 is 0 Å². The minimum Gasteiger partial charge on any atom is -0.396 e. The first-order valence-electron chi connectivity index (χ1n) is 27.3. The number of aryl methyl sites for hydroxylation is 2. The van der Waals surface area contributed by atoms with Crippen molar-refractivity contribution in [1.82, 2.24) is 58.4 Å². The molecule has 416 valence electrons. The van der Waals surface area contributed by atoms with E-state index in [4.69, 9.17) is 15.1 Å². The van der Waals surface area contributed by atoms with Crippen LogP contribution in [-0.2, 0) is 46.0 Å². The lowest BCUT2D eigenvalue weighted by Gasteiger charge is -2.41. The lowest BCUT2D eigenvalue weighted by atomic mass is 9.99. The second kappa shape index (κ2) is 22.5. The Hall–Kier alpha value is -8.68. The maximum absolute atomic E-state index is 15.0. The number of nitrogens with zero attached hydrogens (tertiary/aromatic N) is 15. The molecule has 2 fully saturated rings. The summed E-state index contributed by atoms with van der Waals surface area (Å²) in [4.78, 5) is 27.5. The smallest absolute Gasteiger partial charge is 0.396 e. The quantitative estimate of drug-likeness (QED) is 0.0761. The first-order valence-corrected chi connectivity index (χ1v) is 30.3. The van der Waals surface area contributed by atoms with Crippen LogP contribution in [0.2, 0.25) is 0 Å². The predicted octanol–water partition coefficient (Wildman–Crippen LogP) is 5.17. The number of hydrogen-bond acceptors (Lipinski definition) is 17. The van der Waals surface area contributed by atoms with Gasteiger partial charge in [-0.2, -0.15) is 27.6 Å². The molecule has 25 heteroatoms. The summed E-state index contributed by atoms with van der Waals surface area (Å²) in [5.41, 5.74) is 7.08. The van der Waals surface area contributed by atoms with Gasteiger partial charge in [-0.3, -0.25) is 9.97 Å². The highest BCUT2D eigenvalue weighted by Gasteiger charge is 2.44. The summed E-state index contributed by atoms with van der Waals surface area (Å²) in [6.45, 7) is 5.99. The highest BCUT2D eigenvalue weighted by Crippen LogP contribution is 2.34. The first-order chi connectivity index (χ1) is 39.5. The maximum atomic E-state index is 15.0. The molecule has 3 unspecified atom stereocenters. The number of pyridine rings is 2. The molecule has 3 atom stereocenters. The molecule has 2 aromatic carbocycles. The van der Waals surface area contributed by atoms with Gasteiger partial charge in [-0.1, -0.05) is 78.1 Å². The molecule has 0 amide bonds.